The van der Waals surface area contributed by atoms with Crippen molar-refractivity contribution in [1.82, 2.24) is 5.06 Å². The van der Waals surface area contributed by atoms with Crippen LogP contribution in [0.25, 0.3) is 0 Å². The van der Waals surface area contributed by atoms with Crippen molar-refractivity contribution in [3.05, 3.63) is 24.8 Å². The second-order valence-corrected chi connectivity index (χ2v) is 3.10. The predicted octanol–water partition coefficient (Wildman–Crippen LogP) is 3.17. The van der Waals surface area contributed by atoms with Crippen LogP contribution in [0.15, 0.2) is 24.8 Å². The number of allylic oxidation sites excluding steroid dienone is 2. The molecule has 14 heavy (non-hydrogen) atoms. The molecule has 0 amide bonds. The van der Waals surface area contributed by atoms with Crippen LogP contribution < -0.4 is 0 Å². The van der Waals surface area contributed by atoms with Gasteiger partial charge >= 0.3 is 0 Å². The zero-order chi connectivity index (χ0) is 10.6. The largest absolute Gasteiger partial charge is 0.295 e. The summed E-state index contributed by atoms with van der Waals surface area (Å²) < 4.78 is 0. The van der Waals surface area contributed by atoms with E-state index in [9.17, 15) is 0 Å². The van der Waals surface area contributed by atoms with E-state index in [1.54, 1.807) is 0 Å². The summed E-state index contributed by atoms with van der Waals surface area (Å²) in [6.07, 6.45) is 9.62. The predicted molar refractivity (Wildman–Crippen MR) is 62.1 cm³/mol. The van der Waals surface area contributed by atoms with Crippen LogP contribution in [0.2, 0.25) is 0 Å². The third-order valence-electron chi connectivity index (χ3n) is 2.00. The van der Waals surface area contributed by atoms with Crippen molar-refractivity contribution in [1.29, 1.82) is 0 Å². The Labute approximate surface area is 88.2 Å². The van der Waals surface area contributed by atoms with Gasteiger partial charge in [-0.3, -0.25) is 4.84 Å². The number of rotatable bonds is 9. The summed E-state index contributed by atoms with van der Waals surface area (Å²) in [5, 5.41) is 1.95. The molecule has 0 atom stereocenters. The highest BCUT2D eigenvalue weighted by Crippen LogP contribution is 1.97. The van der Waals surface area contributed by atoms with Gasteiger partial charge in [-0.05, 0) is 19.3 Å². The fourth-order valence-corrected chi connectivity index (χ4v) is 1.12. The van der Waals surface area contributed by atoms with Crippen molar-refractivity contribution in [3.63, 3.8) is 0 Å². The van der Waals surface area contributed by atoms with Crippen molar-refractivity contribution < 1.29 is 4.84 Å². The Morgan fingerprint density at radius 3 is 2.43 bits per heavy atom. The molecule has 0 aromatic carbocycles. The van der Waals surface area contributed by atoms with Gasteiger partial charge in [-0.15, -0.1) is 6.58 Å². The first kappa shape index (κ1) is 13.4. The summed E-state index contributed by atoms with van der Waals surface area (Å²) in [6.45, 7) is 10.5. The Morgan fingerprint density at radius 1 is 1.14 bits per heavy atom. The molecule has 2 nitrogen and oxygen atoms in total. The SMILES string of the molecule is C=CCCCC=CCON(CC)CC. The van der Waals surface area contributed by atoms with Gasteiger partial charge < -0.3 is 0 Å². The standard InChI is InChI=1S/C12H23NO/c1-4-7-8-9-10-11-12-14-13(5-2)6-3/h4,10-11H,1,5-9,12H2,2-3H3. The average molecular weight is 197 g/mol. The van der Waals surface area contributed by atoms with Crippen molar-refractivity contribution >= 4 is 0 Å². The Morgan fingerprint density at radius 2 is 1.86 bits per heavy atom. The number of hydrogen-bond acceptors (Lipinski definition) is 2. The second kappa shape index (κ2) is 10.5. The summed E-state index contributed by atoms with van der Waals surface area (Å²) in [4.78, 5) is 5.47. The average Bonchev–Trinajstić information content (AvgIpc) is 2.22. The molecule has 0 aromatic heterocycles. The van der Waals surface area contributed by atoms with E-state index < -0.39 is 0 Å². The molecule has 0 radical (unpaired) electrons. The first-order valence-corrected chi connectivity index (χ1v) is 5.48. The lowest BCUT2D eigenvalue weighted by Gasteiger charge is -2.16. The van der Waals surface area contributed by atoms with Gasteiger partial charge in [-0.25, -0.2) is 0 Å². The van der Waals surface area contributed by atoms with Gasteiger partial charge in [-0.2, -0.15) is 5.06 Å². The first-order valence-electron chi connectivity index (χ1n) is 5.48. The fourth-order valence-electron chi connectivity index (χ4n) is 1.12. The number of hydroxylamine groups is 2. The van der Waals surface area contributed by atoms with Gasteiger partial charge in [0.1, 0.15) is 0 Å². The lowest BCUT2D eigenvalue weighted by Crippen LogP contribution is -2.23. The smallest absolute Gasteiger partial charge is 0.0866 e. The summed E-state index contributed by atoms with van der Waals surface area (Å²) in [6, 6.07) is 0. The van der Waals surface area contributed by atoms with Gasteiger partial charge in [0.15, 0.2) is 0 Å². The maximum atomic E-state index is 5.47. The van der Waals surface area contributed by atoms with Crippen molar-refractivity contribution in [2.75, 3.05) is 19.7 Å². The zero-order valence-corrected chi connectivity index (χ0v) is 9.54. The van der Waals surface area contributed by atoms with Crippen LogP contribution in [0.1, 0.15) is 33.1 Å². The third-order valence-corrected chi connectivity index (χ3v) is 2.00. The molecule has 0 aromatic rings. The van der Waals surface area contributed by atoms with E-state index in [0.29, 0.717) is 6.61 Å². The lowest BCUT2D eigenvalue weighted by atomic mass is 10.2. The summed E-state index contributed by atoms with van der Waals surface area (Å²) >= 11 is 0. The second-order valence-electron chi connectivity index (χ2n) is 3.10. The molecule has 0 heterocycles. The van der Waals surface area contributed by atoms with E-state index >= 15 is 0 Å². The molecule has 0 saturated heterocycles. The summed E-state index contributed by atoms with van der Waals surface area (Å²) in [5.41, 5.74) is 0. The molecule has 0 aliphatic heterocycles. The number of hydrogen-bond donors (Lipinski definition) is 0. The van der Waals surface area contributed by atoms with E-state index in [1.807, 2.05) is 11.1 Å². The molecular weight excluding hydrogens is 174 g/mol. The third kappa shape index (κ3) is 8.02. The first-order chi connectivity index (χ1) is 6.85. The molecule has 0 saturated carbocycles. The van der Waals surface area contributed by atoms with Gasteiger partial charge in [0.25, 0.3) is 0 Å². The zero-order valence-electron chi connectivity index (χ0n) is 9.54. The molecule has 0 bridgehead atoms. The van der Waals surface area contributed by atoms with E-state index in [2.05, 4.69) is 32.6 Å². The molecule has 0 unspecified atom stereocenters. The van der Waals surface area contributed by atoms with Crippen molar-refractivity contribution in [2.24, 2.45) is 0 Å². The lowest BCUT2D eigenvalue weighted by molar-refractivity contribution is -0.141. The molecule has 0 N–H and O–H groups in total. The molecule has 0 aliphatic carbocycles. The van der Waals surface area contributed by atoms with Gasteiger partial charge in [0, 0.05) is 13.1 Å². The molecule has 0 aliphatic rings. The van der Waals surface area contributed by atoms with Crippen LogP contribution in [-0.2, 0) is 4.84 Å². The van der Waals surface area contributed by atoms with Crippen LogP contribution in [0.3, 0.4) is 0 Å². The normalized spacial score (nSPS) is 11.4. The Balaban J connectivity index is 3.29. The van der Waals surface area contributed by atoms with E-state index in [-0.39, 0.29) is 0 Å². The fraction of sp³-hybridized carbons (Fsp3) is 0.667. The van der Waals surface area contributed by atoms with E-state index in [4.69, 9.17) is 4.84 Å². The molecule has 82 valence electrons. The van der Waals surface area contributed by atoms with Crippen LogP contribution >= 0.6 is 0 Å². The maximum absolute atomic E-state index is 5.47. The maximum Gasteiger partial charge on any atom is 0.0866 e. The Bertz CT molecular complexity index is 150. The molecule has 0 spiro atoms. The quantitative estimate of drug-likeness (QED) is 0.320. The minimum Gasteiger partial charge on any atom is -0.295 e. The monoisotopic (exact) mass is 197 g/mol. The summed E-state index contributed by atoms with van der Waals surface area (Å²) in [7, 11) is 0. The molecular formula is C12H23NO. The van der Waals surface area contributed by atoms with Crippen LogP contribution in [0, 0.1) is 0 Å². The highest BCUT2D eigenvalue weighted by atomic mass is 16.7. The summed E-state index contributed by atoms with van der Waals surface area (Å²) in [5.74, 6) is 0. The van der Waals surface area contributed by atoms with Crippen molar-refractivity contribution in [3.8, 4) is 0 Å². The number of nitrogens with zero attached hydrogens (tertiary/aromatic N) is 1. The molecule has 0 rings (SSSR count). The minimum absolute atomic E-state index is 0.690. The molecule has 0 fully saturated rings. The Kier molecular flexibility index (Phi) is 10.0. The van der Waals surface area contributed by atoms with Crippen LogP contribution in [-0.4, -0.2) is 24.8 Å². The van der Waals surface area contributed by atoms with Crippen LogP contribution in [0.5, 0.6) is 0 Å². The van der Waals surface area contributed by atoms with E-state index in [1.165, 1.54) is 6.42 Å². The number of unbranched alkanes of at least 4 members (excludes halogenated alkanes) is 2. The highest BCUT2D eigenvalue weighted by Gasteiger charge is 1.94. The highest BCUT2D eigenvalue weighted by molar-refractivity contribution is 4.82. The molecule has 2 heteroatoms. The van der Waals surface area contributed by atoms with E-state index in [0.717, 1.165) is 25.9 Å². The van der Waals surface area contributed by atoms with Gasteiger partial charge in [-0.1, -0.05) is 32.1 Å². The van der Waals surface area contributed by atoms with Crippen LogP contribution in [0.4, 0.5) is 0 Å². The Hall–Kier alpha value is -0.600. The van der Waals surface area contributed by atoms with Crippen molar-refractivity contribution in [2.45, 2.75) is 33.1 Å². The van der Waals surface area contributed by atoms with Gasteiger partial charge in [0.2, 0.25) is 0 Å². The topological polar surface area (TPSA) is 12.5 Å². The minimum atomic E-state index is 0.690. The van der Waals surface area contributed by atoms with Gasteiger partial charge in [0.05, 0.1) is 6.61 Å².